The first kappa shape index (κ1) is 34.7. The van der Waals surface area contributed by atoms with Gasteiger partial charge in [0.05, 0.1) is 30.0 Å². The Morgan fingerprint density at radius 1 is 0.904 bits per heavy atom. The first-order valence-corrected chi connectivity index (χ1v) is 19.0. The van der Waals surface area contributed by atoms with Crippen molar-refractivity contribution >= 4 is 63.1 Å². The fourth-order valence-corrected chi connectivity index (χ4v) is 8.62. The molecule has 1 saturated heterocycles. The maximum atomic E-state index is 14.6. The number of fused-ring (bicyclic) bond motifs is 1. The molecule has 9 nitrogen and oxygen atoms in total. The van der Waals surface area contributed by atoms with Crippen LogP contribution in [0.5, 0.6) is 0 Å². The van der Waals surface area contributed by atoms with Crippen LogP contribution in [0.1, 0.15) is 61.1 Å². The molecule has 1 saturated carbocycles. The van der Waals surface area contributed by atoms with E-state index in [2.05, 4.69) is 41.6 Å². The largest absolute Gasteiger partial charge is 0.352 e. The van der Waals surface area contributed by atoms with Crippen LogP contribution in [0, 0.1) is 0 Å². The fraction of sp³-hybridized carbons (Fsp3) is 0.300. The summed E-state index contributed by atoms with van der Waals surface area (Å²) in [5.74, 6) is 0.386. The average Bonchev–Trinajstić information content (AvgIpc) is 3.77. The summed E-state index contributed by atoms with van der Waals surface area (Å²) in [7, 11) is 0. The monoisotopic (exact) mass is 752 g/mol. The minimum absolute atomic E-state index is 0.265. The number of carbonyl (C=O) groups excluding carboxylic acids is 1. The van der Waals surface area contributed by atoms with E-state index in [-0.39, 0.29) is 11.9 Å². The summed E-state index contributed by atoms with van der Waals surface area (Å²) in [4.78, 5) is 36.9. The molecule has 4 heterocycles. The van der Waals surface area contributed by atoms with Crippen LogP contribution in [0.3, 0.4) is 0 Å². The number of hydrogen-bond acceptors (Lipinski definition) is 6. The summed E-state index contributed by atoms with van der Waals surface area (Å²) in [6.45, 7) is 5.66. The second-order valence-corrected chi connectivity index (χ2v) is 14.9. The first-order chi connectivity index (χ1) is 25.4. The van der Waals surface area contributed by atoms with Gasteiger partial charge in [0.15, 0.2) is 5.82 Å². The van der Waals surface area contributed by atoms with Crippen molar-refractivity contribution < 1.29 is 4.79 Å². The third kappa shape index (κ3) is 6.78. The molecule has 0 unspecified atom stereocenters. The van der Waals surface area contributed by atoms with E-state index >= 15 is 0 Å². The van der Waals surface area contributed by atoms with Gasteiger partial charge in [-0.3, -0.25) is 9.69 Å². The van der Waals surface area contributed by atoms with Gasteiger partial charge in [0.2, 0.25) is 0 Å². The molecule has 52 heavy (non-hydrogen) atoms. The van der Waals surface area contributed by atoms with E-state index in [4.69, 9.17) is 39.8 Å². The summed E-state index contributed by atoms with van der Waals surface area (Å²) in [5, 5.41) is 5.66. The van der Waals surface area contributed by atoms with Gasteiger partial charge in [0.25, 0.3) is 5.91 Å². The number of piperazine rings is 1. The summed E-state index contributed by atoms with van der Waals surface area (Å²) in [5.41, 5.74) is 5.59. The van der Waals surface area contributed by atoms with Gasteiger partial charge in [-0.1, -0.05) is 96.5 Å². The van der Waals surface area contributed by atoms with Gasteiger partial charge in [-0.15, -0.1) is 0 Å². The fourth-order valence-electron chi connectivity index (χ4n) is 7.88. The molecule has 8 rings (SSSR count). The highest BCUT2D eigenvalue weighted by Gasteiger charge is 2.30. The molecule has 6 aromatic rings. The highest BCUT2D eigenvalue weighted by Crippen LogP contribution is 2.42. The van der Waals surface area contributed by atoms with Crippen LogP contribution in [0.15, 0.2) is 85.6 Å². The molecule has 0 spiro atoms. The molecular formula is C40H39Cl3N8O. The Morgan fingerprint density at radius 3 is 2.42 bits per heavy atom. The Balaban J connectivity index is 1.20. The Hall–Kier alpha value is -4.41. The highest BCUT2D eigenvalue weighted by molar-refractivity contribution is 6.35. The van der Waals surface area contributed by atoms with E-state index in [0.717, 1.165) is 59.6 Å². The molecule has 0 radical (unpaired) electrons. The zero-order valence-electron chi connectivity index (χ0n) is 28.8. The number of carbonyl (C=O) groups is 1. The average molecular weight is 754 g/mol. The van der Waals surface area contributed by atoms with Crippen molar-refractivity contribution in [2.75, 3.05) is 36.4 Å². The quantitative estimate of drug-likeness (QED) is 0.161. The molecule has 1 amide bonds. The number of hydrogen-bond donors (Lipinski definition) is 2. The predicted octanol–water partition coefficient (Wildman–Crippen LogP) is 9.76. The molecule has 12 heteroatoms. The number of anilines is 2. The third-order valence-electron chi connectivity index (χ3n) is 10.5. The van der Waals surface area contributed by atoms with Crippen LogP contribution in [0.2, 0.25) is 15.1 Å². The Morgan fingerprint density at radius 2 is 1.65 bits per heavy atom. The van der Waals surface area contributed by atoms with Crippen molar-refractivity contribution in [2.45, 2.75) is 51.1 Å². The number of halogens is 3. The topological polar surface area (TPSA) is 95.0 Å². The lowest BCUT2D eigenvalue weighted by Crippen LogP contribution is -2.51. The number of rotatable bonds is 8. The number of nitrogens with one attached hydrogen (secondary N) is 2. The maximum absolute atomic E-state index is 14.6. The van der Waals surface area contributed by atoms with Crippen molar-refractivity contribution in [1.29, 1.82) is 0 Å². The molecule has 2 aliphatic rings. The van der Waals surface area contributed by atoms with Crippen LogP contribution in [0.25, 0.3) is 33.4 Å². The molecule has 2 N–H and O–H groups in total. The van der Waals surface area contributed by atoms with Crippen LogP contribution in [-0.4, -0.2) is 67.5 Å². The number of H-pyrrole nitrogens is 1. The molecule has 1 aliphatic heterocycles. The van der Waals surface area contributed by atoms with Gasteiger partial charge in [-0.05, 0) is 49.6 Å². The van der Waals surface area contributed by atoms with Gasteiger partial charge in [0.1, 0.15) is 17.7 Å². The SMILES string of the molecule is C[C@@H](c1ccc(Cl)cc1Cl)n1cnc(-c2ccccc2)c1-c1c(C(=O)Nc2cncnc2N2CCN(C3CCCCC3)CC2)[nH]c2cc(Cl)ccc12. The molecule has 266 valence electrons. The predicted molar refractivity (Wildman–Crippen MR) is 211 cm³/mol. The van der Waals surface area contributed by atoms with E-state index in [1.165, 1.54) is 32.1 Å². The smallest absolute Gasteiger partial charge is 0.272 e. The number of benzene rings is 3. The lowest BCUT2D eigenvalue weighted by atomic mass is 9.94. The van der Waals surface area contributed by atoms with Crippen LogP contribution >= 0.6 is 34.8 Å². The molecule has 3 aromatic heterocycles. The zero-order valence-corrected chi connectivity index (χ0v) is 31.1. The van der Waals surface area contributed by atoms with Gasteiger partial charge in [-0.25, -0.2) is 15.0 Å². The van der Waals surface area contributed by atoms with Crippen LogP contribution in [-0.2, 0) is 0 Å². The van der Waals surface area contributed by atoms with Crippen molar-refractivity contribution in [3.8, 4) is 22.5 Å². The van der Waals surface area contributed by atoms with Gasteiger partial charge in [-0.2, -0.15) is 0 Å². The van der Waals surface area contributed by atoms with E-state index in [0.29, 0.717) is 43.9 Å². The number of aromatic nitrogens is 5. The van der Waals surface area contributed by atoms with Crippen LogP contribution in [0.4, 0.5) is 11.5 Å². The Bertz CT molecular complexity index is 2220. The Kier molecular flexibility index (Phi) is 9.94. The number of nitrogens with zero attached hydrogens (tertiary/aromatic N) is 6. The molecule has 1 aliphatic carbocycles. The lowest BCUT2D eigenvalue weighted by molar-refractivity contribution is 0.102. The van der Waals surface area contributed by atoms with Crippen LogP contribution < -0.4 is 10.2 Å². The number of imidazole rings is 1. The maximum Gasteiger partial charge on any atom is 0.272 e. The Labute approximate surface area is 318 Å². The lowest BCUT2D eigenvalue weighted by Gasteiger charge is -2.41. The minimum Gasteiger partial charge on any atom is -0.352 e. The van der Waals surface area contributed by atoms with E-state index < -0.39 is 0 Å². The van der Waals surface area contributed by atoms with Crippen molar-refractivity contribution in [2.24, 2.45) is 0 Å². The highest BCUT2D eigenvalue weighted by atomic mass is 35.5. The normalized spacial score (nSPS) is 16.3. The van der Waals surface area contributed by atoms with Gasteiger partial charge >= 0.3 is 0 Å². The number of amides is 1. The molecule has 1 atom stereocenters. The van der Waals surface area contributed by atoms with Crippen molar-refractivity contribution in [3.63, 3.8) is 0 Å². The molecule has 2 fully saturated rings. The molecule has 0 bridgehead atoms. The number of aromatic amines is 1. The minimum atomic E-state index is -0.330. The van der Waals surface area contributed by atoms with E-state index in [9.17, 15) is 4.79 Å². The first-order valence-electron chi connectivity index (χ1n) is 17.8. The summed E-state index contributed by atoms with van der Waals surface area (Å²) < 4.78 is 2.06. The molecule has 3 aromatic carbocycles. The van der Waals surface area contributed by atoms with Gasteiger partial charge in [0, 0.05) is 69.3 Å². The second kappa shape index (κ2) is 14.9. The van der Waals surface area contributed by atoms with Crippen molar-refractivity contribution in [1.82, 2.24) is 29.4 Å². The zero-order chi connectivity index (χ0) is 35.8. The second-order valence-electron chi connectivity index (χ2n) is 13.7. The van der Waals surface area contributed by atoms with E-state index in [1.54, 1.807) is 24.9 Å². The van der Waals surface area contributed by atoms with E-state index in [1.807, 2.05) is 60.7 Å². The van der Waals surface area contributed by atoms with Crippen molar-refractivity contribution in [3.05, 3.63) is 112 Å². The summed E-state index contributed by atoms with van der Waals surface area (Å²) >= 11 is 19.6. The van der Waals surface area contributed by atoms with Gasteiger partial charge < -0.3 is 19.8 Å². The molecular weight excluding hydrogens is 715 g/mol. The third-order valence-corrected chi connectivity index (χ3v) is 11.3. The summed E-state index contributed by atoms with van der Waals surface area (Å²) in [6.07, 6.45) is 11.6. The standard InChI is InChI=1S/C40H39Cl3N8O/c1-25(30-14-12-27(41)20-32(30)43)51-24-46-36(26-8-4-2-5-9-26)38(51)35-31-15-13-28(42)21-33(31)47-37(35)40(52)48-34-22-44-23-45-39(34)50-18-16-49(17-19-50)29-10-6-3-7-11-29/h2,4-5,8-9,12-15,20-25,29,47H,3,6-7,10-11,16-19H2,1H3,(H,48,52)/t25-/m0/s1. The summed E-state index contributed by atoms with van der Waals surface area (Å²) in [6, 6.07) is 21.5.